The van der Waals surface area contributed by atoms with Crippen molar-refractivity contribution in [3.63, 3.8) is 0 Å². The maximum Gasteiger partial charge on any atom is 0.228 e. The molecule has 3 fully saturated rings. The van der Waals surface area contributed by atoms with Crippen molar-refractivity contribution < 1.29 is 19.1 Å². The van der Waals surface area contributed by atoms with Crippen LogP contribution >= 0.6 is 0 Å². The van der Waals surface area contributed by atoms with Crippen LogP contribution in [0, 0.1) is 5.92 Å². The van der Waals surface area contributed by atoms with Gasteiger partial charge in [0, 0.05) is 44.5 Å². The Morgan fingerprint density at radius 3 is 2.63 bits per heavy atom. The van der Waals surface area contributed by atoms with E-state index < -0.39 is 0 Å². The number of amides is 1. The molecule has 0 N–H and O–H groups in total. The highest BCUT2D eigenvalue weighted by molar-refractivity contribution is 5.93. The first-order valence-corrected chi connectivity index (χ1v) is 9.79. The molecule has 1 spiro atoms. The lowest BCUT2D eigenvalue weighted by Gasteiger charge is -2.47. The summed E-state index contributed by atoms with van der Waals surface area (Å²) < 4.78 is 11.5. The maximum atomic E-state index is 12.6. The second-order valence-electron chi connectivity index (χ2n) is 7.80. The van der Waals surface area contributed by atoms with Gasteiger partial charge in [-0.05, 0) is 38.3 Å². The molecule has 1 aromatic heterocycles. The molecule has 146 valence electrons. The van der Waals surface area contributed by atoms with Crippen molar-refractivity contribution in [3.05, 3.63) is 23.9 Å². The number of hydrogen-bond acceptors (Lipinski definition) is 6. The van der Waals surface area contributed by atoms with Crippen LogP contribution in [0.4, 0.5) is 5.82 Å². The van der Waals surface area contributed by atoms with Gasteiger partial charge in [0.25, 0.3) is 0 Å². The Labute approximate surface area is 159 Å². The monoisotopic (exact) mass is 373 g/mol. The molecule has 3 aliphatic heterocycles. The van der Waals surface area contributed by atoms with Gasteiger partial charge in [0.2, 0.25) is 5.91 Å². The molecule has 0 aromatic carbocycles. The molecule has 7 nitrogen and oxygen atoms in total. The van der Waals surface area contributed by atoms with Crippen molar-refractivity contribution in [3.8, 4) is 0 Å². The minimum absolute atomic E-state index is 0.0252. The van der Waals surface area contributed by atoms with Crippen LogP contribution in [-0.4, -0.2) is 73.2 Å². The standard InChI is InChI=1S/C20H27N3O4/c1-15(24)16-2-3-18(21-12-16)23-9-11-27-20(14-23)5-7-22(8-6-20)19(25)17-4-10-26-13-17/h2-3,12,17H,4-11,13-14H2,1H3. The third-order valence-corrected chi connectivity index (χ3v) is 5.99. The molecule has 1 aromatic rings. The fraction of sp³-hybridized carbons (Fsp3) is 0.650. The number of carbonyl (C=O) groups excluding carboxylic acids is 2. The molecule has 1 unspecified atom stereocenters. The number of pyridine rings is 1. The van der Waals surface area contributed by atoms with Crippen molar-refractivity contribution in [1.29, 1.82) is 0 Å². The highest BCUT2D eigenvalue weighted by Crippen LogP contribution is 2.32. The number of carbonyl (C=O) groups is 2. The van der Waals surface area contributed by atoms with Crippen molar-refractivity contribution in [1.82, 2.24) is 9.88 Å². The van der Waals surface area contributed by atoms with E-state index in [0.29, 0.717) is 25.4 Å². The zero-order valence-electron chi connectivity index (χ0n) is 15.9. The Morgan fingerprint density at radius 1 is 1.19 bits per heavy atom. The molecule has 4 heterocycles. The summed E-state index contributed by atoms with van der Waals surface area (Å²) in [5.74, 6) is 1.17. The van der Waals surface area contributed by atoms with Crippen molar-refractivity contribution in [2.75, 3.05) is 50.9 Å². The van der Waals surface area contributed by atoms with E-state index >= 15 is 0 Å². The highest BCUT2D eigenvalue weighted by Gasteiger charge is 2.42. The van der Waals surface area contributed by atoms with Gasteiger partial charge in [0.1, 0.15) is 5.82 Å². The SMILES string of the molecule is CC(=O)c1ccc(N2CCOC3(CCN(C(=O)C4CCOC4)CC3)C2)nc1. The first-order chi connectivity index (χ1) is 13.1. The van der Waals surface area contributed by atoms with Gasteiger partial charge in [-0.2, -0.15) is 0 Å². The number of nitrogens with zero attached hydrogens (tertiary/aromatic N) is 3. The van der Waals surface area contributed by atoms with Gasteiger partial charge in [0.15, 0.2) is 5.78 Å². The maximum absolute atomic E-state index is 12.6. The van der Waals surface area contributed by atoms with E-state index in [4.69, 9.17) is 9.47 Å². The molecule has 0 bridgehead atoms. The zero-order valence-corrected chi connectivity index (χ0v) is 15.9. The van der Waals surface area contributed by atoms with E-state index in [1.54, 1.807) is 13.1 Å². The second-order valence-corrected chi connectivity index (χ2v) is 7.80. The van der Waals surface area contributed by atoms with Gasteiger partial charge < -0.3 is 19.3 Å². The smallest absolute Gasteiger partial charge is 0.228 e. The van der Waals surface area contributed by atoms with Gasteiger partial charge in [0.05, 0.1) is 24.7 Å². The first-order valence-electron chi connectivity index (χ1n) is 9.79. The van der Waals surface area contributed by atoms with E-state index in [1.165, 1.54) is 0 Å². The number of anilines is 1. The summed E-state index contributed by atoms with van der Waals surface area (Å²) in [7, 11) is 0. The largest absolute Gasteiger partial charge is 0.381 e. The van der Waals surface area contributed by atoms with Gasteiger partial charge in [-0.15, -0.1) is 0 Å². The summed E-state index contributed by atoms with van der Waals surface area (Å²) >= 11 is 0. The number of Topliss-reactive ketones (excluding diaryl/α,β-unsaturated/α-hetero) is 1. The number of ketones is 1. The fourth-order valence-corrected chi connectivity index (χ4v) is 4.25. The second kappa shape index (κ2) is 7.56. The van der Waals surface area contributed by atoms with E-state index in [0.717, 1.165) is 51.3 Å². The summed E-state index contributed by atoms with van der Waals surface area (Å²) in [6, 6.07) is 3.74. The van der Waals surface area contributed by atoms with Crippen LogP contribution in [0.25, 0.3) is 0 Å². The predicted octanol–water partition coefficient (Wildman–Crippen LogP) is 1.52. The van der Waals surface area contributed by atoms with Crippen LogP contribution in [-0.2, 0) is 14.3 Å². The van der Waals surface area contributed by atoms with E-state index in [9.17, 15) is 9.59 Å². The number of piperidine rings is 1. The Kier molecular flexibility index (Phi) is 5.14. The average molecular weight is 373 g/mol. The lowest BCUT2D eigenvalue weighted by atomic mass is 9.88. The molecule has 1 amide bonds. The Bertz CT molecular complexity index is 692. The van der Waals surface area contributed by atoms with E-state index in [2.05, 4.69) is 9.88 Å². The van der Waals surface area contributed by atoms with Crippen LogP contribution in [0.3, 0.4) is 0 Å². The first kappa shape index (κ1) is 18.4. The molecule has 4 rings (SSSR count). The third-order valence-electron chi connectivity index (χ3n) is 5.99. The Morgan fingerprint density at radius 2 is 2.00 bits per heavy atom. The number of hydrogen-bond donors (Lipinski definition) is 0. The van der Waals surface area contributed by atoms with Crippen molar-refractivity contribution in [2.24, 2.45) is 5.92 Å². The van der Waals surface area contributed by atoms with E-state index in [1.807, 2.05) is 17.0 Å². The summed E-state index contributed by atoms with van der Waals surface area (Å²) in [6.45, 7) is 6.49. The third kappa shape index (κ3) is 3.84. The molecular formula is C20H27N3O4. The van der Waals surface area contributed by atoms with Crippen molar-refractivity contribution >= 4 is 17.5 Å². The topological polar surface area (TPSA) is 72.0 Å². The van der Waals surface area contributed by atoms with Crippen LogP contribution in [0.2, 0.25) is 0 Å². The summed E-state index contributed by atoms with van der Waals surface area (Å²) in [5, 5.41) is 0. The number of likely N-dealkylation sites (tertiary alicyclic amines) is 1. The molecule has 0 radical (unpaired) electrons. The number of rotatable bonds is 3. The highest BCUT2D eigenvalue weighted by atomic mass is 16.5. The van der Waals surface area contributed by atoms with Crippen LogP contribution in [0.1, 0.15) is 36.5 Å². The van der Waals surface area contributed by atoms with Gasteiger partial charge in [-0.3, -0.25) is 9.59 Å². The number of aromatic nitrogens is 1. The molecule has 1 atom stereocenters. The fourth-order valence-electron chi connectivity index (χ4n) is 4.25. The van der Waals surface area contributed by atoms with Gasteiger partial charge in [-0.25, -0.2) is 4.98 Å². The quantitative estimate of drug-likeness (QED) is 0.748. The molecule has 27 heavy (non-hydrogen) atoms. The zero-order chi connectivity index (χ0) is 18.9. The van der Waals surface area contributed by atoms with Gasteiger partial charge >= 0.3 is 0 Å². The minimum Gasteiger partial charge on any atom is -0.381 e. The molecule has 0 aliphatic carbocycles. The van der Waals surface area contributed by atoms with Crippen molar-refractivity contribution in [2.45, 2.75) is 31.8 Å². The lowest BCUT2D eigenvalue weighted by molar-refractivity contribution is -0.143. The number of ether oxygens (including phenoxy) is 2. The van der Waals surface area contributed by atoms with Crippen LogP contribution in [0.15, 0.2) is 18.3 Å². The minimum atomic E-state index is -0.220. The Hall–Kier alpha value is -1.99. The average Bonchev–Trinajstić information content (AvgIpc) is 3.23. The Balaban J connectivity index is 1.38. The lowest BCUT2D eigenvalue weighted by Crippen LogP contribution is -2.58. The van der Waals surface area contributed by atoms with Gasteiger partial charge in [-0.1, -0.05) is 0 Å². The summed E-state index contributed by atoms with van der Waals surface area (Å²) in [5.41, 5.74) is 0.409. The number of morpholine rings is 1. The molecule has 3 aliphatic rings. The van der Waals surface area contributed by atoms with Crippen LogP contribution in [0.5, 0.6) is 0 Å². The predicted molar refractivity (Wildman–Crippen MR) is 99.9 cm³/mol. The van der Waals surface area contributed by atoms with E-state index in [-0.39, 0.29) is 23.2 Å². The normalized spacial score (nSPS) is 25.0. The molecular weight excluding hydrogens is 346 g/mol. The van der Waals surface area contributed by atoms with Crippen LogP contribution < -0.4 is 4.90 Å². The summed E-state index contributed by atoms with van der Waals surface area (Å²) in [4.78, 5) is 32.7. The summed E-state index contributed by atoms with van der Waals surface area (Å²) in [6.07, 6.45) is 4.17. The molecule has 0 saturated carbocycles. The molecule has 7 heteroatoms. The molecule has 3 saturated heterocycles.